The Morgan fingerprint density at radius 1 is 1.45 bits per heavy atom. The Morgan fingerprint density at radius 2 is 2.18 bits per heavy atom. The third-order valence-electron chi connectivity index (χ3n) is 3.32. The molecule has 0 spiro atoms. The number of esters is 1. The lowest BCUT2D eigenvalue weighted by Crippen LogP contribution is -2.36. The maximum atomic E-state index is 11.0. The number of thioether (sulfide) groups is 1. The quantitative estimate of drug-likeness (QED) is 0.540. The SMILES string of the molecule is COC(=O)CCNC(=S)SC[C@H]1O[C@@H]2OC(C)(C)O[C@@H]2[C@H]1O. The zero-order valence-electron chi connectivity index (χ0n) is 12.7. The van der Waals surface area contributed by atoms with E-state index in [-0.39, 0.29) is 12.4 Å². The average Bonchev–Trinajstić information content (AvgIpc) is 2.90. The molecule has 2 rings (SSSR count). The Labute approximate surface area is 139 Å². The van der Waals surface area contributed by atoms with Gasteiger partial charge in [-0.15, -0.1) is 0 Å². The number of ether oxygens (including phenoxy) is 4. The number of methoxy groups -OCH3 is 1. The normalized spacial score (nSPS) is 32.5. The number of aliphatic hydroxyl groups is 1. The predicted molar refractivity (Wildman–Crippen MR) is 84.4 cm³/mol. The van der Waals surface area contributed by atoms with E-state index in [2.05, 4.69) is 10.1 Å². The molecule has 22 heavy (non-hydrogen) atoms. The molecule has 0 aromatic heterocycles. The first-order valence-corrected chi connectivity index (χ1v) is 8.38. The highest BCUT2D eigenvalue weighted by Gasteiger charge is 2.54. The van der Waals surface area contributed by atoms with E-state index in [4.69, 9.17) is 26.4 Å². The number of carbonyl (C=O) groups excluding carboxylic acids is 1. The van der Waals surface area contributed by atoms with E-state index in [9.17, 15) is 9.90 Å². The highest BCUT2D eigenvalue weighted by Crippen LogP contribution is 2.38. The van der Waals surface area contributed by atoms with Gasteiger partial charge in [-0.2, -0.15) is 0 Å². The number of thiocarbonyl (C=S) groups is 1. The van der Waals surface area contributed by atoms with Gasteiger partial charge in [-0.25, -0.2) is 0 Å². The van der Waals surface area contributed by atoms with Gasteiger partial charge in [-0.05, 0) is 13.8 Å². The minimum Gasteiger partial charge on any atom is -0.469 e. The Bertz CT molecular complexity index is 433. The summed E-state index contributed by atoms with van der Waals surface area (Å²) in [7, 11) is 1.34. The van der Waals surface area contributed by atoms with Gasteiger partial charge in [0, 0.05) is 12.3 Å². The summed E-state index contributed by atoms with van der Waals surface area (Å²) < 4.78 is 21.9. The van der Waals surface area contributed by atoms with Crippen molar-refractivity contribution in [1.29, 1.82) is 0 Å². The molecular weight excluding hydrogens is 330 g/mol. The van der Waals surface area contributed by atoms with E-state index in [1.54, 1.807) is 13.8 Å². The molecule has 2 aliphatic heterocycles. The number of fused-ring (bicyclic) bond motifs is 1. The average molecular weight is 351 g/mol. The van der Waals surface area contributed by atoms with Crippen LogP contribution >= 0.6 is 24.0 Å². The van der Waals surface area contributed by atoms with Crippen LogP contribution in [0.3, 0.4) is 0 Å². The van der Waals surface area contributed by atoms with Crippen molar-refractivity contribution in [2.24, 2.45) is 0 Å². The molecule has 0 aliphatic carbocycles. The topological polar surface area (TPSA) is 86.3 Å². The minimum absolute atomic E-state index is 0.251. The first-order valence-electron chi connectivity index (χ1n) is 6.99. The van der Waals surface area contributed by atoms with Crippen LogP contribution in [-0.2, 0) is 23.7 Å². The number of rotatable bonds is 5. The van der Waals surface area contributed by atoms with Crippen molar-refractivity contribution in [3.8, 4) is 0 Å². The Morgan fingerprint density at radius 3 is 2.82 bits per heavy atom. The third kappa shape index (κ3) is 4.53. The van der Waals surface area contributed by atoms with E-state index in [0.29, 0.717) is 16.6 Å². The molecule has 0 unspecified atom stereocenters. The molecule has 2 fully saturated rings. The van der Waals surface area contributed by atoms with Crippen LogP contribution < -0.4 is 5.32 Å². The predicted octanol–water partition coefficient (Wildman–Crippen LogP) is 0.394. The number of hydrogen-bond acceptors (Lipinski definition) is 8. The molecule has 7 nitrogen and oxygen atoms in total. The zero-order valence-corrected chi connectivity index (χ0v) is 14.4. The fraction of sp³-hybridized carbons (Fsp3) is 0.846. The van der Waals surface area contributed by atoms with Crippen molar-refractivity contribution >= 4 is 34.3 Å². The number of hydrogen-bond donors (Lipinski definition) is 2. The van der Waals surface area contributed by atoms with Crippen LogP contribution in [0, 0.1) is 0 Å². The van der Waals surface area contributed by atoms with Gasteiger partial charge < -0.3 is 29.4 Å². The van der Waals surface area contributed by atoms with Crippen molar-refractivity contribution in [3.05, 3.63) is 0 Å². The lowest BCUT2D eigenvalue weighted by molar-refractivity contribution is -0.211. The molecule has 9 heteroatoms. The summed E-state index contributed by atoms with van der Waals surface area (Å²) in [5, 5.41) is 13.2. The molecular formula is C13H21NO6S2. The van der Waals surface area contributed by atoms with E-state index in [0.717, 1.165) is 0 Å². The lowest BCUT2D eigenvalue weighted by atomic mass is 10.1. The van der Waals surface area contributed by atoms with Crippen LogP contribution in [0.1, 0.15) is 20.3 Å². The van der Waals surface area contributed by atoms with Crippen LogP contribution in [0.15, 0.2) is 0 Å². The molecule has 0 radical (unpaired) electrons. The van der Waals surface area contributed by atoms with Crippen LogP contribution in [-0.4, -0.2) is 65.2 Å². The largest absolute Gasteiger partial charge is 0.469 e. The summed E-state index contributed by atoms with van der Waals surface area (Å²) in [6.45, 7) is 3.98. The van der Waals surface area contributed by atoms with Crippen molar-refractivity contribution in [1.82, 2.24) is 5.32 Å². The highest BCUT2D eigenvalue weighted by atomic mass is 32.2. The van der Waals surface area contributed by atoms with Crippen LogP contribution in [0.5, 0.6) is 0 Å². The first kappa shape index (κ1) is 17.9. The second kappa shape index (κ2) is 7.41. The van der Waals surface area contributed by atoms with Gasteiger partial charge in [-0.1, -0.05) is 24.0 Å². The van der Waals surface area contributed by atoms with Gasteiger partial charge in [0.05, 0.1) is 19.6 Å². The molecule has 0 aromatic carbocycles. The Hall–Kier alpha value is -0.450. The van der Waals surface area contributed by atoms with Crippen LogP contribution in [0.4, 0.5) is 0 Å². The molecule has 4 atom stereocenters. The van der Waals surface area contributed by atoms with Gasteiger partial charge in [0.2, 0.25) is 0 Å². The van der Waals surface area contributed by atoms with E-state index in [1.807, 2.05) is 0 Å². The van der Waals surface area contributed by atoms with Crippen LogP contribution in [0.2, 0.25) is 0 Å². The summed E-state index contributed by atoms with van der Waals surface area (Å²) in [4.78, 5) is 11.0. The minimum atomic E-state index is -0.753. The maximum Gasteiger partial charge on any atom is 0.307 e. The van der Waals surface area contributed by atoms with E-state index in [1.165, 1.54) is 18.9 Å². The van der Waals surface area contributed by atoms with Gasteiger partial charge in [0.15, 0.2) is 12.1 Å². The van der Waals surface area contributed by atoms with Crippen molar-refractivity contribution in [2.75, 3.05) is 19.4 Å². The van der Waals surface area contributed by atoms with Gasteiger partial charge in [-0.3, -0.25) is 4.79 Å². The summed E-state index contributed by atoms with van der Waals surface area (Å²) in [5.41, 5.74) is 0. The fourth-order valence-corrected chi connectivity index (χ4v) is 3.38. The van der Waals surface area contributed by atoms with E-state index < -0.39 is 30.4 Å². The molecule has 2 N–H and O–H groups in total. The lowest BCUT2D eigenvalue weighted by Gasteiger charge is -2.22. The van der Waals surface area contributed by atoms with Gasteiger partial charge in [0.1, 0.15) is 16.5 Å². The third-order valence-corrected chi connectivity index (χ3v) is 4.72. The molecule has 0 aromatic rings. The van der Waals surface area contributed by atoms with Crippen molar-refractivity contribution in [2.45, 2.75) is 50.7 Å². The maximum absolute atomic E-state index is 11.0. The van der Waals surface area contributed by atoms with Crippen LogP contribution in [0.25, 0.3) is 0 Å². The molecule has 2 saturated heterocycles. The summed E-state index contributed by atoms with van der Waals surface area (Å²) in [5.74, 6) is -0.551. The Kier molecular flexibility index (Phi) is 6.03. The highest BCUT2D eigenvalue weighted by molar-refractivity contribution is 8.23. The van der Waals surface area contributed by atoms with Gasteiger partial charge in [0.25, 0.3) is 0 Å². The molecule has 0 amide bonds. The van der Waals surface area contributed by atoms with Gasteiger partial charge >= 0.3 is 5.97 Å². The van der Waals surface area contributed by atoms with Crippen molar-refractivity contribution in [3.63, 3.8) is 0 Å². The number of nitrogens with one attached hydrogen (secondary N) is 1. The second-order valence-corrected chi connectivity index (χ2v) is 7.18. The molecule has 2 heterocycles. The summed E-state index contributed by atoms with van der Waals surface area (Å²) >= 11 is 6.50. The second-order valence-electron chi connectivity index (χ2n) is 5.49. The fourth-order valence-electron chi connectivity index (χ4n) is 2.27. The number of carbonyl (C=O) groups is 1. The monoisotopic (exact) mass is 351 g/mol. The standard InChI is InChI=1S/C13H21NO6S2/c1-13(2)19-10-9(16)7(18-11(10)20-13)6-22-12(21)14-5-4-8(15)17-3/h7,9-11,16H,4-6H2,1-3H3,(H,14,21)/t7-,9+,10-,11-/m1/s1. The van der Waals surface area contributed by atoms with E-state index >= 15 is 0 Å². The molecule has 2 aliphatic rings. The number of aliphatic hydroxyl groups excluding tert-OH is 1. The molecule has 0 saturated carbocycles. The smallest absolute Gasteiger partial charge is 0.307 e. The first-order chi connectivity index (χ1) is 10.3. The zero-order chi connectivity index (χ0) is 16.3. The summed E-state index contributed by atoms with van der Waals surface area (Å²) in [6, 6.07) is 0. The molecule has 0 bridgehead atoms. The molecule has 126 valence electrons. The summed E-state index contributed by atoms with van der Waals surface area (Å²) in [6.07, 6.45) is -1.92. The van der Waals surface area contributed by atoms with Crippen molar-refractivity contribution < 1.29 is 28.8 Å². The Balaban J connectivity index is 1.68.